The van der Waals surface area contributed by atoms with Gasteiger partial charge in [-0.1, -0.05) is 31.5 Å². The maximum absolute atomic E-state index is 5.46. The molecule has 2 heteroatoms. The molecular weight excluding hydrogens is 182 g/mol. The van der Waals surface area contributed by atoms with Gasteiger partial charge in [-0.2, -0.15) is 0 Å². The van der Waals surface area contributed by atoms with Crippen molar-refractivity contribution < 1.29 is 0 Å². The zero-order chi connectivity index (χ0) is 9.68. The fourth-order valence-corrected chi connectivity index (χ4v) is 2.32. The number of halogens is 1. The van der Waals surface area contributed by atoms with Crippen LogP contribution in [0.4, 0.5) is 0 Å². The van der Waals surface area contributed by atoms with Gasteiger partial charge in [-0.3, -0.25) is 0 Å². The fourth-order valence-electron chi connectivity index (χ4n) is 2.23. The summed E-state index contributed by atoms with van der Waals surface area (Å²) in [7, 11) is 0. The lowest BCUT2D eigenvalue weighted by Crippen LogP contribution is -2.39. The van der Waals surface area contributed by atoms with Gasteiger partial charge in [-0.15, -0.1) is 0 Å². The summed E-state index contributed by atoms with van der Waals surface area (Å²) in [5.41, 5.74) is 1.59. The van der Waals surface area contributed by atoms with Gasteiger partial charge in [0, 0.05) is 18.1 Å². The third-order valence-corrected chi connectivity index (χ3v) is 3.20. The van der Waals surface area contributed by atoms with Crippen molar-refractivity contribution in [2.75, 3.05) is 6.54 Å². The summed E-state index contributed by atoms with van der Waals surface area (Å²) < 4.78 is 0. The molecule has 1 fully saturated rings. The number of hydrogen-bond donors (Lipinski definition) is 1. The topological polar surface area (TPSA) is 12.0 Å². The molecule has 1 saturated carbocycles. The standard InChI is InChI=1S/C11H20ClN/c1-9-4-5-11(10(2)8-9)13-7-3-6-12/h3,6,9-11,13H,4-5,7-8H2,1-2H3/b6-3+. The molecule has 1 nitrogen and oxygen atoms in total. The van der Waals surface area contributed by atoms with Gasteiger partial charge in [-0.25, -0.2) is 0 Å². The summed E-state index contributed by atoms with van der Waals surface area (Å²) in [6.07, 6.45) is 6.01. The molecule has 1 rings (SSSR count). The van der Waals surface area contributed by atoms with Crippen LogP contribution in [0.1, 0.15) is 33.1 Å². The van der Waals surface area contributed by atoms with Crippen LogP contribution in [0, 0.1) is 11.8 Å². The van der Waals surface area contributed by atoms with Gasteiger partial charge >= 0.3 is 0 Å². The highest BCUT2D eigenvalue weighted by Gasteiger charge is 2.24. The van der Waals surface area contributed by atoms with E-state index in [1.165, 1.54) is 19.3 Å². The Morgan fingerprint density at radius 2 is 2.15 bits per heavy atom. The molecule has 3 unspecified atom stereocenters. The molecule has 0 bridgehead atoms. The third-order valence-electron chi connectivity index (χ3n) is 3.02. The Labute approximate surface area is 86.5 Å². The van der Waals surface area contributed by atoms with Crippen LogP contribution in [0.25, 0.3) is 0 Å². The van der Waals surface area contributed by atoms with E-state index in [4.69, 9.17) is 11.6 Å². The second-order valence-electron chi connectivity index (χ2n) is 4.27. The van der Waals surface area contributed by atoms with E-state index < -0.39 is 0 Å². The molecule has 0 radical (unpaired) electrons. The molecule has 0 amide bonds. The first kappa shape index (κ1) is 11.1. The lowest BCUT2D eigenvalue weighted by atomic mass is 9.80. The molecule has 0 spiro atoms. The number of hydrogen-bond acceptors (Lipinski definition) is 1. The van der Waals surface area contributed by atoms with E-state index in [-0.39, 0.29) is 0 Å². The second-order valence-corrected chi connectivity index (χ2v) is 4.52. The average molecular weight is 202 g/mol. The zero-order valence-electron chi connectivity index (χ0n) is 8.59. The van der Waals surface area contributed by atoms with Gasteiger partial charge in [0.1, 0.15) is 0 Å². The normalized spacial score (nSPS) is 35.5. The van der Waals surface area contributed by atoms with Crippen molar-refractivity contribution in [1.29, 1.82) is 0 Å². The number of nitrogens with one attached hydrogen (secondary N) is 1. The van der Waals surface area contributed by atoms with Crippen LogP contribution < -0.4 is 5.32 Å². The summed E-state index contributed by atoms with van der Waals surface area (Å²) in [5.74, 6) is 1.73. The molecule has 0 aromatic rings. The quantitative estimate of drug-likeness (QED) is 0.740. The Bertz CT molecular complexity index is 167. The molecule has 0 heterocycles. The minimum Gasteiger partial charge on any atom is -0.310 e. The largest absolute Gasteiger partial charge is 0.310 e. The van der Waals surface area contributed by atoms with Crippen molar-refractivity contribution in [2.45, 2.75) is 39.2 Å². The maximum atomic E-state index is 5.46. The summed E-state index contributed by atoms with van der Waals surface area (Å²) in [6.45, 7) is 5.61. The predicted molar refractivity (Wildman–Crippen MR) is 59.0 cm³/mol. The number of rotatable bonds is 3. The summed E-state index contributed by atoms with van der Waals surface area (Å²) in [5, 5.41) is 3.52. The van der Waals surface area contributed by atoms with E-state index in [1.54, 1.807) is 5.54 Å². The molecule has 1 aliphatic carbocycles. The highest BCUT2D eigenvalue weighted by atomic mass is 35.5. The Morgan fingerprint density at radius 3 is 2.77 bits per heavy atom. The first-order valence-electron chi connectivity index (χ1n) is 5.22. The Morgan fingerprint density at radius 1 is 1.38 bits per heavy atom. The summed E-state index contributed by atoms with van der Waals surface area (Å²) >= 11 is 5.46. The molecule has 1 N–H and O–H groups in total. The van der Waals surface area contributed by atoms with Crippen molar-refractivity contribution >= 4 is 11.6 Å². The predicted octanol–water partition coefficient (Wildman–Crippen LogP) is 3.15. The minimum atomic E-state index is 0.698. The van der Waals surface area contributed by atoms with E-state index in [1.807, 2.05) is 6.08 Å². The fraction of sp³-hybridized carbons (Fsp3) is 0.818. The van der Waals surface area contributed by atoms with Gasteiger partial charge in [0.25, 0.3) is 0 Å². The third kappa shape index (κ3) is 3.70. The van der Waals surface area contributed by atoms with E-state index in [9.17, 15) is 0 Å². The lowest BCUT2D eigenvalue weighted by Gasteiger charge is -2.33. The first-order chi connectivity index (χ1) is 6.24. The van der Waals surface area contributed by atoms with Crippen molar-refractivity contribution in [1.82, 2.24) is 5.32 Å². The Balaban J connectivity index is 2.25. The van der Waals surface area contributed by atoms with Crippen molar-refractivity contribution in [3.8, 4) is 0 Å². The maximum Gasteiger partial charge on any atom is 0.0149 e. The molecule has 1 aliphatic rings. The van der Waals surface area contributed by atoms with Gasteiger partial charge in [0.05, 0.1) is 0 Å². The summed E-state index contributed by atoms with van der Waals surface area (Å²) in [6, 6.07) is 0.698. The lowest BCUT2D eigenvalue weighted by molar-refractivity contribution is 0.233. The monoisotopic (exact) mass is 201 g/mol. The van der Waals surface area contributed by atoms with E-state index in [2.05, 4.69) is 19.2 Å². The SMILES string of the molecule is CC1CCC(NC/C=C/Cl)C(C)C1. The molecular formula is C11H20ClN. The highest BCUT2D eigenvalue weighted by Crippen LogP contribution is 2.28. The van der Waals surface area contributed by atoms with Gasteiger partial charge in [-0.05, 0) is 31.1 Å². The first-order valence-corrected chi connectivity index (χ1v) is 5.66. The van der Waals surface area contributed by atoms with E-state index >= 15 is 0 Å². The van der Waals surface area contributed by atoms with E-state index in [0.717, 1.165) is 18.4 Å². The molecule has 76 valence electrons. The highest BCUT2D eigenvalue weighted by molar-refractivity contribution is 6.25. The molecule has 13 heavy (non-hydrogen) atoms. The molecule has 0 aromatic heterocycles. The van der Waals surface area contributed by atoms with Crippen molar-refractivity contribution in [3.63, 3.8) is 0 Å². The van der Waals surface area contributed by atoms with Crippen LogP contribution in [0.15, 0.2) is 11.6 Å². The van der Waals surface area contributed by atoms with Crippen LogP contribution in [0.3, 0.4) is 0 Å². The van der Waals surface area contributed by atoms with Crippen LogP contribution in [-0.4, -0.2) is 12.6 Å². The molecule has 0 saturated heterocycles. The second kappa shape index (κ2) is 5.66. The zero-order valence-corrected chi connectivity index (χ0v) is 9.35. The smallest absolute Gasteiger partial charge is 0.0149 e. The molecule has 0 aromatic carbocycles. The van der Waals surface area contributed by atoms with Crippen LogP contribution in [0.5, 0.6) is 0 Å². The van der Waals surface area contributed by atoms with Crippen LogP contribution >= 0.6 is 11.6 Å². The average Bonchev–Trinajstić information content (AvgIpc) is 2.09. The Hall–Kier alpha value is -0.0100. The van der Waals surface area contributed by atoms with Crippen molar-refractivity contribution in [2.24, 2.45) is 11.8 Å². The van der Waals surface area contributed by atoms with Gasteiger partial charge in [0.2, 0.25) is 0 Å². The van der Waals surface area contributed by atoms with E-state index in [0.29, 0.717) is 6.04 Å². The van der Waals surface area contributed by atoms with Gasteiger partial charge in [0.15, 0.2) is 0 Å². The molecule has 0 aliphatic heterocycles. The van der Waals surface area contributed by atoms with Gasteiger partial charge < -0.3 is 5.32 Å². The minimum absolute atomic E-state index is 0.698. The van der Waals surface area contributed by atoms with Crippen molar-refractivity contribution in [3.05, 3.63) is 11.6 Å². The van der Waals surface area contributed by atoms with Crippen LogP contribution in [0.2, 0.25) is 0 Å². The summed E-state index contributed by atoms with van der Waals surface area (Å²) in [4.78, 5) is 0. The van der Waals surface area contributed by atoms with Crippen LogP contribution in [-0.2, 0) is 0 Å². The Kier molecular flexibility index (Phi) is 4.82. The molecule has 3 atom stereocenters.